The number of halogens is 3. The number of nitrogens with one attached hydrogen (secondary N) is 1. The van der Waals surface area contributed by atoms with E-state index in [1.54, 1.807) is 19.1 Å². The lowest BCUT2D eigenvalue weighted by molar-refractivity contribution is -0.137. The van der Waals surface area contributed by atoms with Crippen molar-refractivity contribution in [1.29, 1.82) is 0 Å². The summed E-state index contributed by atoms with van der Waals surface area (Å²) in [6.45, 7) is 4.27. The molecule has 154 valence electrons. The number of nitrogens with zero attached hydrogens (tertiary/aromatic N) is 1. The third kappa shape index (κ3) is 4.40. The van der Waals surface area contributed by atoms with E-state index in [0.29, 0.717) is 11.4 Å². The van der Waals surface area contributed by atoms with E-state index < -0.39 is 17.8 Å². The lowest BCUT2D eigenvalue weighted by Gasteiger charge is -2.32. The Morgan fingerprint density at radius 1 is 1.10 bits per heavy atom. The highest BCUT2D eigenvalue weighted by Gasteiger charge is 2.30. The SMILES string of the molecule is CC1Oc2cc(CN3CCC(c4ccc(C(F)(F)F)cc4)CC3)ccc2NC1=O. The second-order valence-corrected chi connectivity index (χ2v) is 7.75. The molecule has 0 saturated carbocycles. The van der Waals surface area contributed by atoms with Gasteiger partial charge in [0.05, 0.1) is 11.3 Å². The fourth-order valence-electron chi connectivity index (χ4n) is 3.97. The Morgan fingerprint density at radius 2 is 1.79 bits per heavy atom. The summed E-state index contributed by atoms with van der Waals surface area (Å²) < 4.78 is 43.9. The highest BCUT2D eigenvalue weighted by atomic mass is 19.4. The molecular formula is C22H23F3N2O2. The monoisotopic (exact) mass is 404 g/mol. The Bertz CT molecular complexity index is 888. The largest absolute Gasteiger partial charge is 0.479 e. The third-order valence-electron chi connectivity index (χ3n) is 5.68. The first kappa shape index (κ1) is 19.8. The van der Waals surface area contributed by atoms with E-state index in [1.165, 1.54) is 12.1 Å². The van der Waals surface area contributed by atoms with Crippen LogP contribution in [-0.2, 0) is 17.5 Å². The molecule has 2 aromatic rings. The quantitative estimate of drug-likeness (QED) is 0.799. The number of anilines is 1. The summed E-state index contributed by atoms with van der Waals surface area (Å²) in [7, 11) is 0. The summed E-state index contributed by atoms with van der Waals surface area (Å²) in [6, 6.07) is 11.4. The van der Waals surface area contributed by atoms with Gasteiger partial charge in [0.15, 0.2) is 6.10 Å². The zero-order valence-electron chi connectivity index (χ0n) is 16.1. The molecule has 0 spiro atoms. The van der Waals surface area contributed by atoms with Crippen molar-refractivity contribution in [2.75, 3.05) is 18.4 Å². The Balaban J connectivity index is 1.35. The van der Waals surface area contributed by atoms with Crippen molar-refractivity contribution in [3.63, 3.8) is 0 Å². The zero-order valence-corrected chi connectivity index (χ0v) is 16.1. The average molecular weight is 404 g/mol. The lowest BCUT2D eigenvalue weighted by atomic mass is 9.89. The fraction of sp³-hybridized carbons (Fsp3) is 0.409. The van der Waals surface area contributed by atoms with Crippen molar-refractivity contribution in [2.45, 2.75) is 44.5 Å². The third-order valence-corrected chi connectivity index (χ3v) is 5.68. The molecule has 0 radical (unpaired) electrons. The Kier molecular flexibility index (Phi) is 5.25. The van der Waals surface area contributed by atoms with Crippen molar-refractivity contribution in [1.82, 2.24) is 4.90 Å². The molecule has 1 N–H and O–H groups in total. The molecule has 1 atom stereocenters. The van der Waals surface area contributed by atoms with Crippen LogP contribution < -0.4 is 10.1 Å². The molecule has 0 aromatic heterocycles. The predicted octanol–water partition coefficient (Wildman–Crippen LogP) is 4.80. The van der Waals surface area contributed by atoms with Crippen molar-refractivity contribution in [3.8, 4) is 5.75 Å². The number of amides is 1. The van der Waals surface area contributed by atoms with Gasteiger partial charge in [-0.2, -0.15) is 13.2 Å². The van der Waals surface area contributed by atoms with Crippen LogP contribution in [0.25, 0.3) is 0 Å². The lowest BCUT2D eigenvalue weighted by Crippen LogP contribution is -2.35. The first-order valence-electron chi connectivity index (χ1n) is 9.79. The topological polar surface area (TPSA) is 41.6 Å². The van der Waals surface area contributed by atoms with Crippen molar-refractivity contribution < 1.29 is 22.7 Å². The highest BCUT2D eigenvalue weighted by molar-refractivity contribution is 5.97. The minimum absolute atomic E-state index is 0.143. The smallest absolute Gasteiger partial charge is 0.416 e. The van der Waals surface area contributed by atoms with E-state index in [1.807, 2.05) is 18.2 Å². The molecule has 4 rings (SSSR count). The number of fused-ring (bicyclic) bond motifs is 1. The first-order chi connectivity index (χ1) is 13.8. The van der Waals surface area contributed by atoms with Gasteiger partial charge in [-0.1, -0.05) is 18.2 Å². The van der Waals surface area contributed by atoms with Gasteiger partial charge in [0.2, 0.25) is 0 Å². The molecule has 1 fully saturated rings. The van der Waals surface area contributed by atoms with Crippen LogP contribution in [0.3, 0.4) is 0 Å². The molecule has 7 heteroatoms. The maximum Gasteiger partial charge on any atom is 0.416 e. The van der Waals surface area contributed by atoms with Gasteiger partial charge in [0.25, 0.3) is 5.91 Å². The normalized spacial score (nSPS) is 20.7. The summed E-state index contributed by atoms with van der Waals surface area (Å²) in [6.07, 6.45) is -2.96. The van der Waals surface area contributed by atoms with E-state index in [2.05, 4.69) is 10.2 Å². The number of likely N-dealkylation sites (tertiary alicyclic amines) is 1. The molecule has 4 nitrogen and oxygen atoms in total. The van der Waals surface area contributed by atoms with Crippen LogP contribution in [0.4, 0.5) is 18.9 Å². The molecule has 0 bridgehead atoms. The van der Waals surface area contributed by atoms with Gasteiger partial charge in [0, 0.05) is 6.54 Å². The summed E-state index contributed by atoms with van der Waals surface area (Å²) in [5.41, 5.74) is 2.18. The fourth-order valence-corrected chi connectivity index (χ4v) is 3.97. The average Bonchev–Trinajstić information content (AvgIpc) is 2.69. The molecule has 2 aliphatic heterocycles. The van der Waals surface area contributed by atoms with E-state index >= 15 is 0 Å². The minimum atomic E-state index is -4.29. The van der Waals surface area contributed by atoms with Gasteiger partial charge in [-0.05, 0) is 74.2 Å². The van der Waals surface area contributed by atoms with Crippen molar-refractivity contribution in [3.05, 3.63) is 59.2 Å². The van der Waals surface area contributed by atoms with Gasteiger partial charge in [-0.15, -0.1) is 0 Å². The number of benzene rings is 2. The summed E-state index contributed by atoms with van der Waals surface area (Å²) in [5, 5.41) is 2.83. The number of piperidine rings is 1. The molecule has 0 aliphatic carbocycles. The highest BCUT2D eigenvalue weighted by Crippen LogP contribution is 2.34. The molecule has 29 heavy (non-hydrogen) atoms. The second kappa shape index (κ2) is 7.71. The zero-order chi connectivity index (χ0) is 20.6. The Hall–Kier alpha value is -2.54. The van der Waals surface area contributed by atoms with Crippen LogP contribution in [-0.4, -0.2) is 30.0 Å². The number of alkyl halides is 3. The standard InChI is InChI=1S/C22H23F3N2O2/c1-14-21(28)26-19-7-2-15(12-20(19)29-14)13-27-10-8-17(9-11-27)16-3-5-18(6-4-16)22(23,24)25/h2-7,12,14,17H,8-11,13H2,1H3,(H,26,28). The maximum absolute atomic E-state index is 12.7. The summed E-state index contributed by atoms with van der Waals surface area (Å²) in [4.78, 5) is 14.0. The van der Waals surface area contributed by atoms with Crippen LogP contribution in [0, 0.1) is 0 Å². The first-order valence-corrected chi connectivity index (χ1v) is 9.79. The second-order valence-electron chi connectivity index (χ2n) is 7.75. The van der Waals surface area contributed by atoms with E-state index in [-0.39, 0.29) is 11.8 Å². The maximum atomic E-state index is 12.7. The number of ether oxygens (including phenoxy) is 1. The predicted molar refractivity (Wildman–Crippen MR) is 104 cm³/mol. The van der Waals surface area contributed by atoms with E-state index in [9.17, 15) is 18.0 Å². The van der Waals surface area contributed by atoms with Crippen LogP contribution in [0.15, 0.2) is 42.5 Å². The van der Waals surface area contributed by atoms with Gasteiger partial charge >= 0.3 is 6.18 Å². The van der Waals surface area contributed by atoms with Crippen molar-refractivity contribution >= 4 is 11.6 Å². The summed E-state index contributed by atoms with van der Waals surface area (Å²) >= 11 is 0. The number of hydrogen-bond donors (Lipinski definition) is 1. The molecule has 2 heterocycles. The van der Waals surface area contributed by atoms with Crippen LogP contribution in [0.5, 0.6) is 5.75 Å². The van der Waals surface area contributed by atoms with Crippen molar-refractivity contribution in [2.24, 2.45) is 0 Å². The van der Waals surface area contributed by atoms with Gasteiger partial charge in [-0.25, -0.2) is 0 Å². The number of carbonyl (C=O) groups is 1. The summed E-state index contributed by atoms with van der Waals surface area (Å²) in [5.74, 6) is 0.835. The molecule has 1 saturated heterocycles. The molecule has 1 unspecified atom stereocenters. The van der Waals surface area contributed by atoms with Gasteiger partial charge in [0.1, 0.15) is 5.75 Å². The van der Waals surface area contributed by atoms with Crippen LogP contribution >= 0.6 is 0 Å². The molecular weight excluding hydrogens is 381 g/mol. The van der Waals surface area contributed by atoms with Crippen LogP contribution in [0.1, 0.15) is 42.4 Å². The number of hydrogen-bond acceptors (Lipinski definition) is 3. The van der Waals surface area contributed by atoms with E-state index in [0.717, 1.165) is 43.6 Å². The Labute approximate surface area is 167 Å². The van der Waals surface area contributed by atoms with Gasteiger partial charge < -0.3 is 10.1 Å². The molecule has 2 aliphatic rings. The Morgan fingerprint density at radius 3 is 2.45 bits per heavy atom. The number of rotatable bonds is 3. The van der Waals surface area contributed by atoms with E-state index in [4.69, 9.17) is 4.74 Å². The number of carbonyl (C=O) groups excluding carboxylic acids is 1. The minimum Gasteiger partial charge on any atom is -0.479 e. The van der Waals surface area contributed by atoms with Gasteiger partial charge in [-0.3, -0.25) is 9.69 Å². The van der Waals surface area contributed by atoms with Crippen LogP contribution in [0.2, 0.25) is 0 Å². The molecule has 2 aromatic carbocycles. The molecule has 1 amide bonds.